The van der Waals surface area contributed by atoms with E-state index >= 15 is 0 Å². The van der Waals surface area contributed by atoms with Crippen LogP contribution in [0.25, 0.3) is 0 Å². The second-order valence-corrected chi connectivity index (χ2v) is 9.80. The van der Waals surface area contributed by atoms with E-state index < -0.39 is 67.4 Å². The Bertz CT molecular complexity index is 971. The molecule has 0 aliphatic carbocycles. The van der Waals surface area contributed by atoms with Gasteiger partial charge in [-0.3, -0.25) is 53.2 Å². The molecular weight excluding hydrogens is 534 g/mol. The second-order valence-electron chi connectivity index (χ2n) is 9.80. The van der Waals surface area contributed by atoms with E-state index in [-0.39, 0.29) is 58.0 Å². The zero-order valence-corrected chi connectivity index (χ0v) is 22.0. The molecule has 2 heterocycles. The van der Waals surface area contributed by atoms with E-state index in [9.17, 15) is 54.0 Å². The van der Waals surface area contributed by atoms with E-state index in [2.05, 4.69) is 5.32 Å². The molecule has 0 unspecified atom stereocenters. The molecule has 222 valence electrons. The van der Waals surface area contributed by atoms with Crippen molar-refractivity contribution in [2.45, 2.75) is 31.2 Å². The summed E-state index contributed by atoms with van der Waals surface area (Å²) in [5.41, 5.74) is -1.24. The number of carboxylic acids is 4. The monoisotopic (exact) mass is 569 g/mol. The molecule has 0 bridgehead atoms. The van der Waals surface area contributed by atoms with Crippen molar-refractivity contribution in [2.75, 3.05) is 65.4 Å². The molecule has 0 radical (unpaired) electrons. The molecule has 3 amide bonds. The summed E-state index contributed by atoms with van der Waals surface area (Å²) in [5, 5.41) is 40.4. The Morgan fingerprint density at radius 1 is 0.800 bits per heavy atom. The third-order valence-corrected chi connectivity index (χ3v) is 6.66. The van der Waals surface area contributed by atoms with Crippen molar-refractivity contribution in [3.63, 3.8) is 0 Å². The lowest BCUT2D eigenvalue weighted by Gasteiger charge is -2.45. The van der Waals surface area contributed by atoms with Gasteiger partial charge < -0.3 is 25.7 Å². The smallest absolute Gasteiger partial charge is 0.317 e. The maximum atomic E-state index is 12.3. The molecule has 2 rings (SSSR count). The molecule has 1 saturated heterocycles. The number of nitrogens with zero attached hydrogens (tertiary/aromatic N) is 4. The van der Waals surface area contributed by atoms with Crippen molar-refractivity contribution in [3.8, 4) is 0 Å². The normalized spacial score (nSPS) is 17.7. The molecule has 0 aromatic heterocycles. The molecule has 0 atom stereocenters. The number of hydrogen-bond acceptors (Lipinski definition) is 10. The maximum absolute atomic E-state index is 12.3. The van der Waals surface area contributed by atoms with Gasteiger partial charge in [-0.15, -0.1) is 0 Å². The highest BCUT2D eigenvalue weighted by Crippen LogP contribution is 2.28. The molecule has 1 fully saturated rings. The van der Waals surface area contributed by atoms with Crippen LogP contribution in [0.5, 0.6) is 0 Å². The van der Waals surface area contributed by atoms with Gasteiger partial charge in [-0.1, -0.05) is 6.42 Å². The fraction of sp³-hybridized carbons (Fsp3) is 0.625. The number of carbonyl (C=O) groups excluding carboxylic acids is 3. The number of amides is 3. The first-order valence-electron chi connectivity index (χ1n) is 12.7. The highest BCUT2D eigenvalue weighted by molar-refractivity contribution is 6.12. The molecular formula is C24H35N5O11. The van der Waals surface area contributed by atoms with Crippen LogP contribution in [-0.4, -0.2) is 153 Å². The van der Waals surface area contributed by atoms with Gasteiger partial charge in [-0.25, -0.2) is 0 Å². The Labute approximate surface area is 229 Å². The number of imide groups is 1. The Balaban J connectivity index is 2.13. The minimum Gasteiger partial charge on any atom is -0.480 e. The number of carbonyl (C=O) groups is 7. The highest BCUT2D eigenvalue weighted by Gasteiger charge is 2.43. The Hall–Kier alpha value is -3.89. The number of aliphatic carboxylic acids is 4. The zero-order valence-electron chi connectivity index (χ0n) is 22.0. The van der Waals surface area contributed by atoms with E-state index in [0.29, 0.717) is 12.8 Å². The average Bonchev–Trinajstić information content (AvgIpc) is 3.04. The third-order valence-electron chi connectivity index (χ3n) is 6.66. The van der Waals surface area contributed by atoms with Gasteiger partial charge in [-0.2, -0.15) is 0 Å². The predicted octanol–water partition coefficient (Wildman–Crippen LogP) is -2.42. The molecule has 16 heteroatoms. The van der Waals surface area contributed by atoms with Crippen LogP contribution in [0.1, 0.15) is 25.7 Å². The van der Waals surface area contributed by atoms with Gasteiger partial charge in [0.15, 0.2) is 0 Å². The van der Waals surface area contributed by atoms with Crippen molar-refractivity contribution in [1.82, 2.24) is 24.9 Å². The second kappa shape index (κ2) is 15.0. The summed E-state index contributed by atoms with van der Waals surface area (Å²) in [4.78, 5) is 87.1. The summed E-state index contributed by atoms with van der Waals surface area (Å²) in [6, 6.07) is 0. The molecule has 5 N–H and O–H groups in total. The first-order chi connectivity index (χ1) is 18.8. The predicted molar refractivity (Wildman–Crippen MR) is 135 cm³/mol. The third kappa shape index (κ3) is 10.3. The van der Waals surface area contributed by atoms with Crippen molar-refractivity contribution >= 4 is 41.6 Å². The molecule has 0 aromatic carbocycles. The van der Waals surface area contributed by atoms with E-state index in [1.165, 1.54) is 14.7 Å². The van der Waals surface area contributed by atoms with Gasteiger partial charge in [0.05, 0.1) is 26.2 Å². The quantitative estimate of drug-likeness (QED) is 0.0908. The molecule has 16 nitrogen and oxygen atoms in total. The summed E-state index contributed by atoms with van der Waals surface area (Å²) < 4.78 is 0. The van der Waals surface area contributed by atoms with Gasteiger partial charge in [0.2, 0.25) is 5.91 Å². The van der Waals surface area contributed by atoms with Crippen LogP contribution >= 0.6 is 0 Å². The topological polar surface area (TPSA) is 225 Å². The number of unbranched alkanes of at least 4 members (excludes halogenated alkanes) is 1. The lowest BCUT2D eigenvalue weighted by atomic mass is 9.88. The first-order valence-corrected chi connectivity index (χ1v) is 12.7. The minimum atomic E-state index is -1.30. The van der Waals surface area contributed by atoms with E-state index in [1.807, 2.05) is 0 Å². The molecule has 0 aromatic rings. The summed E-state index contributed by atoms with van der Waals surface area (Å²) in [7, 11) is 0. The summed E-state index contributed by atoms with van der Waals surface area (Å²) in [5.74, 6) is -6.17. The van der Waals surface area contributed by atoms with Crippen LogP contribution < -0.4 is 5.32 Å². The van der Waals surface area contributed by atoms with Crippen molar-refractivity contribution < 1.29 is 54.0 Å². The van der Waals surface area contributed by atoms with E-state index in [1.54, 1.807) is 0 Å². The van der Waals surface area contributed by atoms with Crippen LogP contribution in [0, 0.1) is 0 Å². The fourth-order valence-corrected chi connectivity index (χ4v) is 5.00. The molecule has 2 aliphatic rings. The average molecular weight is 570 g/mol. The molecule has 0 saturated carbocycles. The molecule has 0 spiro atoms. The Morgan fingerprint density at radius 2 is 1.30 bits per heavy atom. The van der Waals surface area contributed by atoms with Crippen LogP contribution in [-0.2, 0) is 33.6 Å². The fourth-order valence-electron chi connectivity index (χ4n) is 5.00. The maximum Gasteiger partial charge on any atom is 0.317 e. The largest absolute Gasteiger partial charge is 0.480 e. The van der Waals surface area contributed by atoms with Crippen LogP contribution in [0.4, 0.5) is 0 Å². The van der Waals surface area contributed by atoms with Gasteiger partial charge in [-0.05, 0) is 12.8 Å². The van der Waals surface area contributed by atoms with Gasteiger partial charge in [0, 0.05) is 63.4 Å². The summed E-state index contributed by atoms with van der Waals surface area (Å²) in [6.45, 7) is -1.77. The molecule has 2 aliphatic heterocycles. The SMILES string of the molecule is O=C(O)CN1CCN(CC(=O)O)CC(CCCCC(=O)NCCN2C(=O)C=CC2=O)(N(CC(=O)O)CC(=O)O)C1. The van der Waals surface area contributed by atoms with Crippen molar-refractivity contribution in [1.29, 1.82) is 0 Å². The van der Waals surface area contributed by atoms with Crippen LogP contribution in [0.15, 0.2) is 12.2 Å². The summed E-state index contributed by atoms with van der Waals surface area (Å²) >= 11 is 0. The Kier molecular flexibility index (Phi) is 12.2. The van der Waals surface area contributed by atoms with Crippen molar-refractivity contribution in [2.24, 2.45) is 0 Å². The lowest BCUT2D eigenvalue weighted by Crippen LogP contribution is -2.62. The van der Waals surface area contributed by atoms with Gasteiger partial charge in [0.25, 0.3) is 11.8 Å². The van der Waals surface area contributed by atoms with Gasteiger partial charge >= 0.3 is 23.9 Å². The lowest BCUT2D eigenvalue weighted by molar-refractivity contribution is -0.148. The van der Waals surface area contributed by atoms with Crippen LogP contribution in [0.2, 0.25) is 0 Å². The van der Waals surface area contributed by atoms with Gasteiger partial charge in [0.1, 0.15) is 0 Å². The number of carboxylic acid groups (broad SMARTS) is 4. The van der Waals surface area contributed by atoms with Crippen molar-refractivity contribution in [3.05, 3.63) is 12.2 Å². The summed E-state index contributed by atoms with van der Waals surface area (Å²) in [6.07, 6.45) is 3.11. The van der Waals surface area contributed by atoms with Crippen LogP contribution in [0.3, 0.4) is 0 Å². The first kappa shape index (κ1) is 32.3. The number of hydrogen-bond donors (Lipinski definition) is 5. The molecule has 40 heavy (non-hydrogen) atoms. The van der Waals surface area contributed by atoms with E-state index in [4.69, 9.17) is 0 Å². The zero-order chi connectivity index (χ0) is 29.9. The standard InChI is InChI=1S/C24H35N5O11/c30-17(25-7-8-29-18(31)4-5-19(29)32)3-1-2-6-24(28(13-22(37)38)14-23(39)40)15-26(11-20(33)34)9-10-27(16-24)12-21(35)36/h4-5H,1-3,6-16H2,(H,25,30)(H,33,34)(H,35,36)(H,37,38)(H,39,40). The highest BCUT2D eigenvalue weighted by atomic mass is 16.4. The number of rotatable bonds is 17. The minimum absolute atomic E-state index is 0.0116. The number of nitrogens with one attached hydrogen (secondary N) is 1. The van der Waals surface area contributed by atoms with E-state index in [0.717, 1.165) is 17.1 Å². The Morgan fingerprint density at radius 3 is 1.75 bits per heavy atom.